The third-order valence-electron chi connectivity index (χ3n) is 4.58. The Balaban J connectivity index is 1.29. The number of pyridine rings is 1. The average Bonchev–Trinajstić information content (AvgIpc) is 3.47. The zero-order valence-corrected chi connectivity index (χ0v) is 15.7. The van der Waals surface area contributed by atoms with Crippen LogP contribution in [0.1, 0.15) is 16.3 Å². The Hall–Kier alpha value is -3.81. The van der Waals surface area contributed by atoms with Gasteiger partial charge in [0.1, 0.15) is 11.6 Å². The van der Waals surface area contributed by atoms with Crippen molar-refractivity contribution in [1.82, 2.24) is 9.88 Å². The number of rotatable bonds is 5. The van der Waals surface area contributed by atoms with E-state index in [1.54, 1.807) is 53.8 Å². The Kier molecular flexibility index (Phi) is 5.42. The summed E-state index contributed by atoms with van der Waals surface area (Å²) in [6.45, 7) is 2.54. The molecule has 2 amide bonds. The van der Waals surface area contributed by atoms with Crippen LogP contribution < -0.4 is 10.2 Å². The molecule has 0 radical (unpaired) electrons. The molecule has 1 aliphatic heterocycles. The minimum absolute atomic E-state index is 0.0942. The van der Waals surface area contributed by atoms with Crippen LogP contribution in [0.4, 0.5) is 11.5 Å². The first-order valence-corrected chi connectivity index (χ1v) is 9.25. The normalized spacial score (nSPS) is 14.3. The van der Waals surface area contributed by atoms with E-state index < -0.39 is 0 Å². The maximum atomic E-state index is 12.3. The molecule has 0 unspecified atom stereocenters. The van der Waals surface area contributed by atoms with Gasteiger partial charge in [0.2, 0.25) is 5.91 Å². The van der Waals surface area contributed by atoms with E-state index in [0.717, 1.165) is 5.82 Å². The highest BCUT2D eigenvalue weighted by molar-refractivity contribution is 6.01. The molecule has 0 aliphatic carbocycles. The van der Waals surface area contributed by atoms with E-state index in [-0.39, 0.29) is 11.8 Å². The van der Waals surface area contributed by atoms with E-state index in [0.29, 0.717) is 43.4 Å². The molecule has 4 rings (SSSR count). The Morgan fingerprint density at radius 3 is 2.45 bits per heavy atom. The van der Waals surface area contributed by atoms with Crippen molar-refractivity contribution in [2.45, 2.75) is 0 Å². The molecular weight excluding hydrogens is 372 g/mol. The van der Waals surface area contributed by atoms with Gasteiger partial charge in [-0.2, -0.15) is 0 Å². The van der Waals surface area contributed by atoms with Crippen LogP contribution in [-0.2, 0) is 4.79 Å². The highest BCUT2D eigenvalue weighted by Crippen LogP contribution is 2.17. The molecule has 1 N–H and O–H groups in total. The van der Waals surface area contributed by atoms with Gasteiger partial charge in [0.25, 0.3) is 5.91 Å². The van der Waals surface area contributed by atoms with Gasteiger partial charge in [-0.15, -0.1) is 0 Å². The Morgan fingerprint density at radius 2 is 1.79 bits per heavy atom. The maximum Gasteiger partial charge on any atom is 0.289 e. The van der Waals surface area contributed by atoms with Crippen LogP contribution in [0.15, 0.2) is 70.0 Å². The molecule has 0 bridgehead atoms. The van der Waals surface area contributed by atoms with Gasteiger partial charge in [0.15, 0.2) is 5.76 Å². The van der Waals surface area contributed by atoms with E-state index >= 15 is 0 Å². The number of furan rings is 2. The predicted molar refractivity (Wildman–Crippen MR) is 107 cm³/mol. The second-order valence-corrected chi connectivity index (χ2v) is 6.50. The van der Waals surface area contributed by atoms with Crippen LogP contribution in [0.25, 0.3) is 6.08 Å². The van der Waals surface area contributed by atoms with Crippen molar-refractivity contribution in [2.24, 2.45) is 0 Å². The summed E-state index contributed by atoms with van der Waals surface area (Å²) in [4.78, 5) is 32.6. The van der Waals surface area contributed by atoms with Crippen molar-refractivity contribution in [1.29, 1.82) is 0 Å². The lowest BCUT2D eigenvalue weighted by atomic mass is 10.2. The summed E-state index contributed by atoms with van der Waals surface area (Å²) < 4.78 is 10.3. The SMILES string of the molecule is O=C(/C=C/c1ccco1)Nc1ccc(N2CCN(C(=O)c3ccco3)CC2)nc1. The second-order valence-electron chi connectivity index (χ2n) is 6.50. The maximum absolute atomic E-state index is 12.3. The van der Waals surface area contributed by atoms with Gasteiger partial charge in [0, 0.05) is 32.3 Å². The average molecular weight is 392 g/mol. The van der Waals surface area contributed by atoms with E-state index in [9.17, 15) is 9.59 Å². The lowest BCUT2D eigenvalue weighted by Gasteiger charge is -2.35. The molecule has 3 aromatic heterocycles. The van der Waals surface area contributed by atoms with Gasteiger partial charge in [-0.05, 0) is 42.5 Å². The molecule has 1 fully saturated rings. The molecule has 0 aromatic carbocycles. The first-order chi connectivity index (χ1) is 14.2. The molecule has 3 aromatic rings. The van der Waals surface area contributed by atoms with Crippen LogP contribution in [-0.4, -0.2) is 47.9 Å². The summed E-state index contributed by atoms with van der Waals surface area (Å²) in [5.41, 5.74) is 0.606. The minimum atomic E-state index is -0.263. The molecule has 0 saturated carbocycles. The molecule has 1 aliphatic rings. The number of piperazine rings is 1. The number of amides is 2. The van der Waals surface area contributed by atoms with Gasteiger partial charge >= 0.3 is 0 Å². The standard InChI is InChI=1S/C21H20N4O4/c26-20(8-6-17-3-1-13-28-17)23-16-5-7-19(22-15-16)24-9-11-25(12-10-24)21(27)18-4-2-14-29-18/h1-8,13-15H,9-12H2,(H,23,26)/b8-6+. The zero-order chi connectivity index (χ0) is 20.1. The number of carbonyl (C=O) groups excluding carboxylic acids is 2. The molecule has 8 nitrogen and oxygen atoms in total. The Labute approximate surface area is 167 Å². The lowest BCUT2D eigenvalue weighted by Crippen LogP contribution is -2.49. The third kappa shape index (κ3) is 4.55. The van der Waals surface area contributed by atoms with Crippen molar-refractivity contribution >= 4 is 29.4 Å². The van der Waals surface area contributed by atoms with Crippen LogP contribution in [0.3, 0.4) is 0 Å². The summed E-state index contributed by atoms with van der Waals surface area (Å²) in [5, 5.41) is 2.76. The van der Waals surface area contributed by atoms with Gasteiger partial charge in [0.05, 0.1) is 24.4 Å². The summed E-state index contributed by atoms with van der Waals surface area (Å²) in [7, 11) is 0. The smallest absolute Gasteiger partial charge is 0.289 e. The van der Waals surface area contributed by atoms with E-state index in [1.165, 1.54) is 12.3 Å². The zero-order valence-electron chi connectivity index (χ0n) is 15.7. The first-order valence-electron chi connectivity index (χ1n) is 9.25. The Bertz CT molecular complexity index is 970. The Morgan fingerprint density at radius 1 is 1.00 bits per heavy atom. The number of aromatic nitrogens is 1. The van der Waals surface area contributed by atoms with Crippen molar-refractivity contribution < 1.29 is 18.4 Å². The quantitative estimate of drug-likeness (QED) is 0.672. The monoisotopic (exact) mass is 392 g/mol. The summed E-state index contributed by atoms with van der Waals surface area (Å²) in [6.07, 6.45) is 7.67. The van der Waals surface area contributed by atoms with Crippen molar-refractivity contribution in [2.75, 3.05) is 36.4 Å². The number of hydrogen-bond donors (Lipinski definition) is 1. The fourth-order valence-electron chi connectivity index (χ4n) is 3.07. The minimum Gasteiger partial charge on any atom is -0.465 e. The number of carbonyl (C=O) groups is 2. The van der Waals surface area contributed by atoms with Crippen LogP contribution >= 0.6 is 0 Å². The van der Waals surface area contributed by atoms with Crippen LogP contribution in [0.5, 0.6) is 0 Å². The number of anilines is 2. The number of hydrogen-bond acceptors (Lipinski definition) is 6. The summed E-state index contributed by atoms with van der Waals surface area (Å²) in [6, 6.07) is 10.6. The van der Waals surface area contributed by atoms with Gasteiger partial charge in [-0.3, -0.25) is 9.59 Å². The topological polar surface area (TPSA) is 91.8 Å². The molecule has 1 saturated heterocycles. The molecular formula is C21H20N4O4. The van der Waals surface area contributed by atoms with E-state index in [4.69, 9.17) is 8.83 Å². The highest BCUT2D eigenvalue weighted by Gasteiger charge is 2.24. The molecule has 8 heteroatoms. The molecule has 0 atom stereocenters. The van der Waals surface area contributed by atoms with Gasteiger partial charge in [-0.25, -0.2) is 4.98 Å². The van der Waals surface area contributed by atoms with Crippen LogP contribution in [0, 0.1) is 0 Å². The molecule has 148 valence electrons. The summed E-state index contributed by atoms with van der Waals surface area (Å²) in [5.74, 6) is 1.42. The second kappa shape index (κ2) is 8.47. The predicted octanol–water partition coefficient (Wildman–Crippen LogP) is 2.88. The fraction of sp³-hybridized carbons (Fsp3) is 0.190. The van der Waals surface area contributed by atoms with Gasteiger partial charge in [-0.1, -0.05) is 0 Å². The molecule has 29 heavy (non-hydrogen) atoms. The van der Waals surface area contributed by atoms with E-state index in [1.807, 2.05) is 6.07 Å². The lowest BCUT2D eigenvalue weighted by molar-refractivity contribution is -0.111. The van der Waals surface area contributed by atoms with Crippen molar-refractivity contribution in [3.8, 4) is 0 Å². The van der Waals surface area contributed by atoms with Crippen molar-refractivity contribution in [3.05, 3.63) is 72.7 Å². The van der Waals surface area contributed by atoms with Gasteiger partial charge < -0.3 is 24.0 Å². The number of nitrogens with zero attached hydrogens (tertiary/aromatic N) is 3. The summed E-state index contributed by atoms with van der Waals surface area (Å²) >= 11 is 0. The van der Waals surface area contributed by atoms with Crippen molar-refractivity contribution in [3.63, 3.8) is 0 Å². The highest BCUT2D eigenvalue weighted by atomic mass is 16.3. The largest absolute Gasteiger partial charge is 0.465 e. The van der Waals surface area contributed by atoms with E-state index in [2.05, 4.69) is 15.2 Å². The third-order valence-corrected chi connectivity index (χ3v) is 4.58. The molecule has 0 spiro atoms. The molecule has 4 heterocycles. The van der Waals surface area contributed by atoms with Crippen LogP contribution in [0.2, 0.25) is 0 Å². The first kappa shape index (κ1) is 18.5. The number of nitrogens with one attached hydrogen (secondary N) is 1. The fourth-order valence-corrected chi connectivity index (χ4v) is 3.07.